The third-order valence-corrected chi connectivity index (χ3v) is 15.9. The number of phenols is 1. The second kappa shape index (κ2) is 27.4. The monoisotopic (exact) mass is 1370 g/mol. The Morgan fingerprint density at radius 3 is 1.74 bits per heavy atom. The molecule has 87 heavy (non-hydrogen) atoms. The van der Waals surface area contributed by atoms with Crippen LogP contribution in [0.3, 0.4) is 0 Å². The number of hydrogen-bond donors (Lipinski definition) is 7. The summed E-state index contributed by atoms with van der Waals surface area (Å²) in [4.78, 5) is 27.2. The molecule has 6 aromatic carbocycles. The number of aryl methyl sites for hydroxylation is 1. The predicted octanol–water partition coefficient (Wildman–Crippen LogP) is 5.71. The topological polar surface area (TPSA) is 606 Å². The molecule has 0 aliphatic carbocycles. The Balaban J connectivity index is 0.00000116. The van der Waals surface area contributed by atoms with Crippen LogP contribution in [0.4, 0.5) is 39.3 Å². The second-order valence-corrected chi connectivity index (χ2v) is 25.1. The van der Waals surface area contributed by atoms with Crippen LogP contribution in [-0.4, -0.2) is 139 Å². The lowest BCUT2D eigenvalue weighted by Gasteiger charge is -2.12. The molecule has 0 fully saturated rings. The normalized spacial score (nSPS) is 12.1. The summed E-state index contributed by atoms with van der Waals surface area (Å²) in [5.74, 6) is -2.41. The molecular weight excluding hydrogens is 1340 g/mol. The number of aromatic hydroxyl groups is 2. The Bertz CT molecular complexity index is 5050. The first kappa shape index (κ1) is 68.5. The van der Waals surface area contributed by atoms with Crippen LogP contribution in [-0.2, 0) is 81.4 Å². The Kier molecular flexibility index (Phi) is 21.6. The van der Waals surface area contributed by atoms with E-state index in [0.717, 1.165) is 53.9 Å². The number of nitro benzene ring substituents is 1. The van der Waals surface area contributed by atoms with Crippen LogP contribution in [0.15, 0.2) is 135 Å². The van der Waals surface area contributed by atoms with E-state index in [9.17, 15) is 85.2 Å². The third-order valence-electron chi connectivity index (χ3n) is 10.5. The van der Waals surface area contributed by atoms with Crippen molar-refractivity contribution in [2.45, 2.75) is 32.9 Å². The number of carbonyl (C=O) groups excluding carboxylic acids is 2. The number of nitrogens with zero attached hydrogens (tertiary/aromatic N) is 10. The van der Waals surface area contributed by atoms with Gasteiger partial charge < -0.3 is 14.9 Å². The zero-order valence-electron chi connectivity index (χ0n) is 42.1. The van der Waals surface area contributed by atoms with Gasteiger partial charge in [-0.05, 0) is 67.4 Å². The fourth-order valence-corrected chi connectivity index (χ4v) is 11.5. The summed E-state index contributed by atoms with van der Waals surface area (Å²) in [6, 6.07) is 13.7. The van der Waals surface area contributed by atoms with Gasteiger partial charge in [-0.15, -0.1) is 55.9 Å². The van der Waals surface area contributed by atoms with Gasteiger partial charge in [0.2, 0.25) is 11.0 Å². The third kappa shape index (κ3) is 17.9. The fraction of sp³-hybridized carbons (Fsp3) is 0.0976. The van der Waals surface area contributed by atoms with Gasteiger partial charge in [-0.1, -0.05) is 23.5 Å². The number of para-hydroxylation sites is 1. The molecule has 0 amide bonds. The first-order chi connectivity index (χ1) is 40.3. The van der Waals surface area contributed by atoms with Gasteiger partial charge in [0.05, 0.1) is 39.6 Å². The maximum absolute atomic E-state index is 12.9. The van der Waals surface area contributed by atoms with Gasteiger partial charge >= 0.3 is 27.4 Å². The van der Waals surface area contributed by atoms with Crippen molar-refractivity contribution in [3.05, 3.63) is 101 Å². The molecule has 0 bridgehead atoms. The predicted molar refractivity (Wildman–Crippen MR) is 289 cm³/mol. The zero-order valence-corrected chi connectivity index (χ0v) is 48.7. The van der Waals surface area contributed by atoms with E-state index in [0.29, 0.717) is 33.1 Å². The number of ether oxygens (including phenoxy) is 1. The van der Waals surface area contributed by atoms with E-state index in [4.69, 9.17) is 39.6 Å². The molecular formula is C41H30N10O28S8. The van der Waals surface area contributed by atoms with E-state index in [2.05, 4.69) is 40.8 Å². The van der Waals surface area contributed by atoms with Crippen molar-refractivity contribution in [1.82, 2.24) is 14.8 Å². The Morgan fingerprint density at radius 1 is 0.632 bits per heavy atom. The summed E-state index contributed by atoms with van der Waals surface area (Å²) >= 11 is 0.957. The molecule has 0 aliphatic heterocycles. The van der Waals surface area contributed by atoms with Crippen molar-refractivity contribution < 1.29 is 120 Å². The quantitative estimate of drug-likeness (QED) is 0.0188. The molecule has 0 saturated heterocycles. The van der Waals surface area contributed by atoms with Crippen LogP contribution >= 0.6 is 11.3 Å². The van der Waals surface area contributed by atoms with Gasteiger partial charge in [0.1, 0.15) is 47.9 Å². The number of aromatic nitrogens is 3. The van der Waals surface area contributed by atoms with Gasteiger partial charge in [0.15, 0.2) is 11.4 Å². The lowest BCUT2D eigenvalue weighted by molar-refractivity contribution is -0.384. The molecule has 46 heteroatoms. The van der Waals surface area contributed by atoms with Gasteiger partial charge in [-0.25, -0.2) is 4.98 Å². The first-order valence-electron chi connectivity index (χ1n) is 21.9. The van der Waals surface area contributed by atoms with Crippen molar-refractivity contribution in [3.63, 3.8) is 0 Å². The summed E-state index contributed by atoms with van der Waals surface area (Å²) in [5, 5.41) is 60.0. The standard InChI is InChI=1S/C40H30N10O20S6.CO2.2O3S/c1-19-12-29(31(70-10-3-11-72(55,56)57)17-28(19)45-48-40-42-36-32(71-40)4-2-5-33(36)73(58,59)60)46-43-26-8-7-23-22(37(26)51)6-9-27(38(23)76(67,68)69)44-47-30-18-41-49(39(30)52)20-13-24-25(34(15-20)74(61,62)63)14-21(50(53)54)16-35(24)75(64,65)66;2-1-3;2*1-4(2)3/h2,4-9,12-18,51-52H,3,10-11H2,1H3,(H,55,56,57)(H,58,59,60)(H,61,62,63)(H,64,65,66)(H,67,68,69);;;. The summed E-state index contributed by atoms with van der Waals surface area (Å²) in [6.45, 7) is 1.28. The van der Waals surface area contributed by atoms with E-state index in [1.54, 1.807) is 13.0 Å². The molecule has 0 aliphatic rings. The molecule has 0 radical (unpaired) electrons. The minimum Gasteiger partial charge on any atom is -0.505 e. The number of non-ortho nitro benzene ring substituents is 1. The van der Waals surface area contributed by atoms with E-state index in [1.165, 1.54) is 18.2 Å². The summed E-state index contributed by atoms with van der Waals surface area (Å²) in [6.07, 6.45) is 0.861. The highest BCUT2D eigenvalue weighted by Crippen LogP contribution is 2.44. The Labute approximate surface area is 491 Å². The van der Waals surface area contributed by atoms with E-state index < -0.39 is 147 Å². The number of phenolic OH excluding ortho intramolecular Hbond substituents is 1. The van der Waals surface area contributed by atoms with E-state index in [-0.39, 0.29) is 63.4 Å². The maximum Gasteiger partial charge on any atom is 0.425 e. The minimum absolute atomic E-state index is 0.00222. The van der Waals surface area contributed by atoms with E-state index >= 15 is 0 Å². The Morgan fingerprint density at radius 2 is 1.16 bits per heavy atom. The number of azo groups is 3. The molecule has 8 aromatic rings. The average molecular weight is 1370 g/mol. The lowest BCUT2D eigenvalue weighted by Crippen LogP contribution is -2.08. The van der Waals surface area contributed by atoms with Crippen molar-refractivity contribution >= 4 is 160 Å². The zero-order chi connectivity index (χ0) is 65.3. The average Bonchev–Trinajstić information content (AvgIpc) is 3.02. The smallest absolute Gasteiger partial charge is 0.425 e. The Hall–Kier alpha value is -9.29. The summed E-state index contributed by atoms with van der Waals surface area (Å²) in [7, 11) is -31.1. The largest absolute Gasteiger partial charge is 0.505 e. The minimum atomic E-state index is -5.33. The summed E-state index contributed by atoms with van der Waals surface area (Å²) in [5.41, 5.74) is -2.51. The summed E-state index contributed by atoms with van der Waals surface area (Å²) < 4.78 is 228. The van der Waals surface area contributed by atoms with Crippen LogP contribution in [0, 0.1) is 17.0 Å². The van der Waals surface area contributed by atoms with Crippen LogP contribution < -0.4 is 4.74 Å². The van der Waals surface area contributed by atoms with Gasteiger partial charge in [-0.2, -0.15) is 61.5 Å². The van der Waals surface area contributed by atoms with Crippen molar-refractivity contribution in [2.24, 2.45) is 30.7 Å². The van der Waals surface area contributed by atoms with E-state index in [1.807, 2.05) is 0 Å². The number of hydrogen-bond acceptors (Lipinski definition) is 32. The highest BCUT2D eigenvalue weighted by molar-refractivity contribution is 7.87. The van der Waals surface area contributed by atoms with Gasteiger partial charge in [-0.3, -0.25) is 32.9 Å². The van der Waals surface area contributed by atoms with Crippen LogP contribution in [0.2, 0.25) is 0 Å². The molecule has 2 aromatic heterocycles. The first-order valence-corrected chi connectivity index (χ1v) is 32.1. The molecule has 0 spiro atoms. The number of benzene rings is 6. The molecule has 8 rings (SSSR count). The number of rotatable bonds is 17. The fourth-order valence-electron chi connectivity index (χ4n) is 7.25. The number of fused-ring (bicyclic) bond motifs is 3. The van der Waals surface area contributed by atoms with Crippen LogP contribution in [0.25, 0.3) is 37.4 Å². The SMILES string of the molecule is Cc1cc(N=Nc2ccc3c(S(=O)(=O)O)c(N=Nc4cnn(-c5cc(S(=O)(=O)O)c6cc([N+](=O)[O-])cc(S(=O)(=O)O)c6c5)c4O)ccc3c2O)c(OCCCS(=O)(=O)O)cc1N=Nc1nc2c(S(=O)(=O)O)cccc2s1.O=C=O.O=S(=O)=O.O=S(=O)=O. The highest BCUT2D eigenvalue weighted by atomic mass is 32.2. The molecule has 7 N–H and O–H groups in total. The molecule has 38 nitrogen and oxygen atoms in total. The lowest BCUT2D eigenvalue weighted by atomic mass is 10.1. The molecule has 460 valence electrons. The van der Waals surface area contributed by atoms with Crippen molar-refractivity contribution in [3.8, 4) is 23.1 Å². The van der Waals surface area contributed by atoms with Crippen LogP contribution in [0.1, 0.15) is 12.0 Å². The van der Waals surface area contributed by atoms with Gasteiger partial charge in [0.25, 0.3) is 56.3 Å². The van der Waals surface area contributed by atoms with Crippen molar-refractivity contribution in [2.75, 3.05) is 12.4 Å². The maximum atomic E-state index is 12.9. The molecule has 0 unspecified atom stereocenters. The number of thiazole rings is 1. The number of nitro groups is 1. The molecule has 2 heterocycles. The molecule has 0 atom stereocenters. The second-order valence-electron chi connectivity index (χ2n) is 16.1. The van der Waals surface area contributed by atoms with Crippen LogP contribution in [0.5, 0.6) is 17.4 Å². The highest BCUT2D eigenvalue weighted by Gasteiger charge is 2.28. The molecule has 0 saturated carbocycles. The van der Waals surface area contributed by atoms with Crippen molar-refractivity contribution in [1.29, 1.82) is 0 Å². The van der Waals surface area contributed by atoms with Gasteiger partial charge in [0, 0.05) is 39.7 Å².